The minimum atomic E-state index is -4.55. The number of carbonyl (C=O) groups is 1. The molecule has 0 spiro atoms. The normalized spacial score (nSPS) is 19.9. The van der Waals surface area contributed by atoms with E-state index in [9.17, 15) is 18.0 Å². The lowest BCUT2D eigenvalue weighted by molar-refractivity contribution is -0.138. The van der Waals surface area contributed by atoms with Crippen molar-refractivity contribution in [2.45, 2.75) is 77.8 Å². The van der Waals surface area contributed by atoms with Gasteiger partial charge < -0.3 is 14.6 Å². The quantitative estimate of drug-likeness (QED) is 0.545. The van der Waals surface area contributed by atoms with Gasteiger partial charge in [-0.2, -0.15) is 13.2 Å². The average Bonchev–Trinajstić information content (AvgIpc) is 3.02. The van der Waals surface area contributed by atoms with E-state index in [1.165, 1.54) is 12.1 Å². The third kappa shape index (κ3) is 5.63. The van der Waals surface area contributed by atoms with Crippen LogP contribution in [0.3, 0.4) is 0 Å². The van der Waals surface area contributed by atoms with Crippen molar-refractivity contribution < 1.29 is 27.3 Å². The standard InChI is InChI=1S/C27H34BF3N2O3/c1-18-9-12-21(16-23(18)28-35-25(2,3)26(4,5)36-28)32-24(34)19-10-11-20(22(15-19)27(29,30)31)17-33-13-7-6-8-14-33/h9-12,15-16H,6-8,13-14,17H2,1-5H3,(H,32,34). The summed E-state index contributed by atoms with van der Waals surface area (Å²) in [5, 5.41) is 2.74. The Hall–Kier alpha value is -2.36. The SMILES string of the molecule is Cc1ccc(NC(=O)c2ccc(CN3CCCCC3)c(C(F)(F)F)c2)cc1B1OC(C)(C)C(C)(C)O1. The Morgan fingerprint density at radius 1 is 1.00 bits per heavy atom. The van der Waals surface area contributed by atoms with E-state index in [0.717, 1.165) is 49.4 Å². The van der Waals surface area contributed by atoms with Gasteiger partial charge in [-0.25, -0.2) is 0 Å². The van der Waals surface area contributed by atoms with Crippen molar-refractivity contribution in [1.82, 2.24) is 4.90 Å². The summed E-state index contributed by atoms with van der Waals surface area (Å²) in [6.45, 7) is 11.6. The number of rotatable bonds is 5. The first-order valence-electron chi connectivity index (χ1n) is 12.5. The van der Waals surface area contributed by atoms with Crippen LogP contribution in [0.2, 0.25) is 0 Å². The molecular weight excluding hydrogens is 468 g/mol. The zero-order chi connectivity index (χ0) is 26.3. The first-order valence-corrected chi connectivity index (χ1v) is 12.5. The number of likely N-dealkylation sites (tertiary alicyclic amines) is 1. The fraction of sp³-hybridized carbons (Fsp3) is 0.519. The predicted molar refractivity (Wildman–Crippen MR) is 135 cm³/mol. The molecule has 0 aliphatic carbocycles. The van der Waals surface area contributed by atoms with Gasteiger partial charge in [0.15, 0.2) is 0 Å². The van der Waals surface area contributed by atoms with Crippen LogP contribution in [-0.2, 0) is 22.0 Å². The van der Waals surface area contributed by atoms with Crippen LogP contribution in [0.5, 0.6) is 0 Å². The van der Waals surface area contributed by atoms with Gasteiger partial charge in [0.2, 0.25) is 0 Å². The molecule has 5 nitrogen and oxygen atoms in total. The van der Waals surface area contributed by atoms with Crippen molar-refractivity contribution in [1.29, 1.82) is 0 Å². The number of aryl methyl sites for hydroxylation is 1. The first kappa shape index (κ1) is 26.7. The molecule has 0 bridgehead atoms. The Bertz CT molecular complexity index is 1110. The molecule has 0 radical (unpaired) electrons. The second kappa shape index (κ2) is 9.84. The van der Waals surface area contributed by atoms with E-state index in [2.05, 4.69) is 5.32 Å². The van der Waals surface area contributed by atoms with Crippen molar-refractivity contribution in [3.8, 4) is 0 Å². The van der Waals surface area contributed by atoms with Gasteiger partial charge in [0.25, 0.3) is 5.91 Å². The van der Waals surface area contributed by atoms with Crippen LogP contribution in [0.15, 0.2) is 36.4 Å². The molecule has 2 aromatic carbocycles. The third-order valence-electron chi connectivity index (χ3n) is 7.56. The molecule has 0 saturated carbocycles. The van der Waals surface area contributed by atoms with Crippen molar-refractivity contribution in [3.05, 3.63) is 58.7 Å². The number of halogens is 3. The maximum Gasteiger partial charge on any atom is 0.495 e. The third-order valence-corrected chi connectivity index (χ3v) is 7.56. The number of amides is 1. The largest absolute Gasteiger partial charge is 0.495 e. The molecule has 0 aromatic heterocycles. The molecule has 4 rings (SSSR count). The van der Waals surface area contributed by atoms with Gasteiger partial charge in [-0.3, -0.25) is 9.69 Å². The van der Waals surface area contributed by atoms with Crippen molar-refractivity contribution in [3.63, 3.8) is 0 Å². The number of alkyl halides is 3. The second-order valence-electron chi connectivity index (χ2n) is 10.8. The molecule has 1 amide bonds. The molecule has 2 aliphatic heterocycles. The highest BCUT2D eigenvalue weighted by Crippen LogP contribution is 2.37. The molecule has 2 fully saturated rings. The molecule has 2 aromatic rings. The van der Waals surface area contributed by atoms with Gasteiger partial charge in [0, 0.05) is 17.8 Å². The topological polar surface area (TPSA) is 50.8 Å². The van der Waals surface area contributed by atoms with E-state index in [-0.39, 0.29) is 17.7 Å². The van der Waals surface area contributed by atoms with Crippen molar-refractivity contribution >= 4 is 24.2 Å². The Morgan fingerprint density at radius 3 is 2.25 bits per heavy atom. The molecule has 2 aliphatic rings. The van der Waals surface area contributed by atoms with Gasteiger partial charge in [-0.15, -0.1) is 0 Å². The first-order chi connectivity index (χ1) is 16.8. The van der Waals surface area contributed by atoms with Gasteiger partial charge in [-0.05, 0) is 95.8 Å². The van der Waals surface area contributed by atoms with Crippen LogP contribution in [0, 0.1) is 6.92 Å². The highest BCUT2D eigenvalue weighted by Gasteiger charge is 2.52. The van der Waals surface area contributed by atoms with Crippen LogP contribution in [-0.4, -0.2) is 42.2 Å². The number of hydrogen-bond donors (Lipinski definition) is 1. The maximum atomic E-state index is 13.9. The van der Waals surface area contributed by atoms with Crippen LogP contribution in [0.4, 0.5) is 18.9 Å². The van der Waals surface area contributed by atoms with Gasteiger partial charge in [-0.1, -0.05) is 24.1 Å². The molecule has 36 heavy (non-hydrogen) atoms. The molecule has 2 saturated heterocycles. The summed E-state index contributed by atoms with van der Waals surface area (Å²) in [6, 6.07) is 9.16. The summed E-state index contributed by atoms with van der Waals surface area (Å²) >= 11 is 0. The Kier molecular flexibility index (Phi) is 7.30. The molecule has 0 unspecified atom stereocenters. The van der Waals surface area contributed by atoms with E-state index in [0.29, 0.717) is 5.69 Å². The summed E-state index contributed by atoms with van der Waals surface area (Å²) in [6.07, 6.45) is -1.45. The number of nitrogens with one attached hydrogen (secondary N) is 1. The monoisotopic (exact) mass is 502 g/mol. The molecule has 2 heterocycles. The number of piperidine rings is 1. The highest BCUT2D eigenvalue weighted by molar-refractivity contribution is 6.62. The lowest BCUT2D eigenvalue weighted by atomic mass is 9.76. The summed E-state index contributed by atoms with van der Waals surface area (Å²) in [7, 11) is -0.613. The van der Waals surface area contributed by atoms with Gasteiger partial charge in [0.05, 0.1) is 16.8 Å². The van der Waals surface area contributed by atoms with Crippen molar-refractivity contribution in [2.75, 3.05) is 18.4 Å². The maximum absolute atomic E-state index is 13.9. The van der Waals surface area contributed by atoms with Crippen LogP contribution >= 0.6 is 0 Å². The Morgan fingerprint density at radius 2 is 1.64 bits per heavy atom. The molecule has 0 atom stereocenters. The number of benzene rings is 2. The Labute approximate surface area is 211 Å². The number of nitrogens with zero attached hydrogens (tertiary/aromatic N) is 1. The van der Waals surface area contributed by atoms with E-state index < -0.39 is 36.0 Å². The minimum absolute atomic E-state index is 0.0394. The number of hydrogen-bond acceptors (Lipinski definition) is 4. The molecule has 194 valence electrons. The fourth-order valence-electron chi connectivity index (χ4n) is 4.62. The molecular formula is C27H34BF3N2O3. The summed E-state index contributed by atoms with van der Waals surface area (Å²) in [5.74, 6) is -0.603. The predicted octanol–water partition coefficient (Wildman–Crippen LogP) is 5.55. The minimum Gasteiger partial charge on any atom is -0.399 e. The second-order valence-corrected chi connectivity index (χ2v) is 10.8. The average molecular weight is 502 g/mol. The van der Waals surface area contributed by atoms with E-state index in [4.69, 9.17) is 9.31 Å². The van der Waals surface area contributed by atoms with Crippen molar-refractivity contribution in [2.24, 2.45) is 0 Å². The zero-order valence-electron chi connectivity index (χ0n) is 21.6. The lowest BCUT2D eigenvalue weighted by Gasteiger charge is -2.32. The van der Waals surface area contributed by atoms with E-state index in [1.807, 2.05) is 45.6 Å². The molecule has 9 heteroatoms. The number of carbonyl (C=O) groups excluding carboxylic acids is 1. The molecule has 1 N–H and O–H groups in total. The zero-order valence-corrected chi connectivity index (χ0v) is 21.6. The lowest BCUT2D eigenvalue weighted by Crippen LogP contribution is -2.41. The smallest absolute Gasteiger partial charge is 0.399 e. The van der Waals surface area contributed by atoms with Crippen LogP contribution in [0.25, 0.3) is 0 Å². The summed E-state index contributed by atoms with van der Waals surface area (Å²) < 4.78 is 54.0. The summed E-state index contributed by atoms with van der Waals surface area (Å²) in [5.41, 5.74) is 0.499. The fourth-order valence-corrected chi connectivity index (χ4v) is 4.62. The highest BCUT2D eigenvalue weighted by atomic mass is 19.4. The van der Waals surface area contributed by atoms with Gasteiger partial charge in [0.1, 0.15) is 0 Å². The van der Waals surface area contributed by atoms with Crippen LogP contribution in [0.1, 0.15) is 74.0 Å². The number of anilines is 1. The van der Waals surface area contributed by atoms with Crippen LogP contribution < -0.4 is 10.8 Å². The Balaban J connectivity index is 1.54. The van der Waals surface area contributed by atoms with Gasteiger partial charge >= 0.3 is 13.3 Å². The van der Waals surface area contributed by atoms with E-state index in [1.54, 1.807) is 12.1 Å². The summed E-state index contributed by atoms with van der Waals surface area (Å²) in [4.78, 5) is 15.0. The van der Waals surface area contributed by atoms with E-state index >= 15 is 0 Å².